The zero-order valence-electron chi connectivity index (χ0n) is 15.4. The van der Waals surface area contributed by atoms with Gasteiger partial charge >= 0.3 is 5.97 Å². The quantitative estimate of drug-likeness (QED) is 0.727. The molecule has 6 bridgehead atoms. The van der Waals surface area contributed by atoms with Crippen molar-refractivity contribution in [2.24, 2.45) is 41.4 Å². The molecule has 2 heterocycles. The molecule has 0 aromatic heterocycles. The highest BCUT2D eigenvalue weighted by Gasteiger charge is 2.60. The minimum atomic E-state index is -0.152. The molecule has 3 nitrogen and oxygen atoms in total. The fourth-order valence-electron chi connectivity index (χ4n) is 7.49. The van der Waals surface area contributed by atoms with Crippen molar-refractivity contribution < 1.29 is 14.3 Å². The van der Waals surface area contributed by atoms with Gasteiger partial charge in [0.05, 0.1) is 18.1 Å². The monoisotopic (exact) mass is 332 g/mol. The lowest BCUT2D eigenvalue weighted by Gasteiger charge is -2.60. The highest BCUT2D eigenvalue weighted by molar-refractivity contribution is 5.74. The molecule has 0 N–H and O–H groups in total. The summed E-state index contributed by atoms with van der Waals surface area (Å²) in [5.41, 5.74) is -0.152. The Kier molecular flexibility index (Phi) is 3.41. The van der Waals surface area contributed by atoms with Gasteiger partial charge in [-0.05, 0) is 80.5 Å². The third-order valence-electron chi connectivity index (χ3n) is 8.81. The summed E-state index contributed by atoms with van der Waals surface area (Å²) < 4.78 is 12.6. The van der Waals surface area contributed by atoms with E-state index in [0.29, 0.717) is 23.7 Å². The fraction of sp³-hybridized carbons (Fsp3) is 0.952. The Hall–Kier alpha value is -0.570. The number of fused-ring (bicyclic) bond motifs is 2. The van der Waals surface area contributed by atoms with Crippen LogP contribution in [0.4, 0.5) is 0 Å². The van der Waals surface area contributed by atoms with E-state index in [2.05, 4.69) is 20.8 Å². The molecule has 3 heteroatoms. The van der Waals surface area contributed by atoms with Crippen molar-refractivity contribution >= 4 is 5.97 Å². The molecule has 6 rings (SSSR count). The van der Waals surface area contributed by atoms with Crippen molar-refractivity contribution in [1.29, 1.82) is 0 Å². The van der Waals surface area contributed by atoms with Crippen molar-refractivity contribution in [3.8, 4) is 0 Å². The molecule has 0 radical (unpaired) electrons. The molecule has 6 aliphatic rings. The summed E-state index contributed by atoms with van der Waals surface area (Å²) in [6.45, 7) is 6.76. The van der Waals surface area contributed by atoms with Gasteiger partial charge in [0.15, 0.2) is 0 Å². The Labute approximate surface area is 145 Å². The molecule has 2 aliphatic heterocycles. The van der Waals surface area contributed by atoms with Crippen LogP contribution in [0.15, 0.2) is 0 Å². The van der Waals surface area contributed by atoms with Crippen LogP contribution in [0.2, 0.25) is 0 Å². The van der Waals surface area contributed by atoms with Crippen LogP contribution in [0.5, 0.6) is 0 Å². The van der Waals surface area contributed by atoms with Crippen molar-refractivity contribution in [3.05, 3.63) is 0 Å². The maximum Gasteiger partial charge on any atom is 0.312 e. The molecule has 0 aromatic rings. The Balaban J connectivity index is 1.36. The van der Waals surface area contributed by atoms with Gasteiger partial charge in [0.2, 0.25) is 0 Å². The number of carbonyl (C=O) groups excluding carboxylic acids is 1. The first kappa shape index (κ1) is 15.7. The molecule has 4 aliphatic carbocycles. The smallest absolute Gasteiger partial charge is 0.312 e. The van der Waals surface area contributed by atoms with E-state index in [-0.39, 0.29) is 29.7 Å². The van der Waals surface area contributed by atoms with E-state index in [0.717, 1.165) is 24.7 Å². The average molecular weight is 332 g/mol. The van der Waals surface area contributed by atoms with Gasteiger partial charge < -0.3 is 9.47 Å². The normalized spacial score (nSPS) is 57.5. The van der Waals surface area contributed by atoms with Crippen LogP contribution in [0.25, 0.3) is 0 Å². The molecule has 0 spiro atoms. The summed E-state index contributed by atoms with van der Waals surface area (Å²) in [5.74, 6) is 4.20. The van der Waals surface area contributed by atoms with Crippen LogP contribution in [0.3, 0.4) is 0 Å². The Morgan fingerprint density at radius 1 is 1.00 bits per heavy atom. The fourth-order valence-corrected chi connectivity index (χ4v) is 7.49. The second-order valence-corrected chi connectivity index (χ2v) is 9.73. The zero-order valence-corrected chi connectivity index (χ0v) is 15.4. The van der Waals surface area contributed by atoms with Gasteiger partial charge in [0.1, 0.15) is 5.60 Å². The Morgan fingerprint density at radius 2 is 1.62 bits per heavy atom. The van der Waals surface area contributed by atoms with Crippen LogP contribution in [0.1, 0.15) is 65.7 Å². The summed E-state index contributed by atoms with van der Waals surface area (Å²) in [6, 6.07) is 0. The van der Waals surface area contributed by atoms with Crippen molar-refractivity contribution in [2.45, 2.75) is 83.5 Å². The van der Waals surface area contributed by atoms with Crippen LogP contribution in [-0.2, 0) is 14.3 Å². The summed E-state index contributed by atoms with van der Waals surface area (Å²) in [4.78, 5) is 13.1. The zero-order chi connectivity index (χ0) is 16.6. The van der Waals surface area contributed by atoms with Gasteiger partial charge in [0, 0.05) is 0 Å². The summed E-state index contributed by atoms with van der Waals surface area (Å²) in [6.07, 6.45) is 8.90. The Morgan fingerprint density at radius 3 is 2.12 bits per heavy atom. The molecule has 2 saturated heterocycles. The van der Waals surface area contributed by atoms with E-state index in [1.54, 1.807) is 0 Å². The second-order valence-electron chi connectivity index (χ2n) is 9.73. The maximum absolute atomic E-state index is 13.1. The lowest BCUT2D eigenvalue weighted by molar-refractivity contribution is -0.215. The molecule has 0 aromatic carbocycles. The van der Waals surface area contributed by atoms with E-state index < -0.39 is 0 Å². The first-order chi connectivity index (χ1) is 11.5. The van der Waals surface area contributed by atoms with Crippen molar-refractivity contribution in [3.63, 3.8) is 0 Å². The first-order valence-electron chi connectivity index (χ1n) is 10.4. The van der Waals surface area contributed by atoms with Crippen molar-refractivity contribution in [2.75, 3.05) is 0 Å². The number of esters is 1. The average Bonchev–Trinajstić information content (AvgIpc) is 3.11. The maximum atomic E-state index is 13.1. The van der Waals surface area contributed by atoms with Gasteiger partial charge in [-0.1, -0.05) is 20.8 Å². The molecular weight excluding hydrogens is 300 g/mol. The number of hydrogen-bond donors (Lipinski definition) is 0. The molecule has 24 heavy (non-hydrogen) atoms. The van der Waals surface area contributed by atoms with Gasteiger partial charge in [-0.25, -0.2) is 0 Å². The number of ether oxygens (including phenoxy) is 2. The molecule has 6 fully saturated rings. The van der Waals surface area contributed by atoms with E-state index in [4.69, 9.17) is 9.47 Å². The van der Waals surface area contributed by atoms with Gasteiger partial charge in [-0.15, -0.1) is 0 Å². The van der Waals surface area contributed by atoms with E-state index >= 15 is 0 Å². The lowest BCUT2D eigenvalue weighted by atomic mass is 9.49. The number of carbonyl (C=O) groups is 1. The van der Waals surface area contributed by atoms with E-state index in [1.165, 1.54) is 32.1 Å². The SMILES string of the molecule is CCC1(OC(=O)C2CC3OC2C(C)C3C)C2CC3CC(C2)CC1C3. The molecule has 4 saturated carbocycles. The number of hydrogen-bond acceptors (Lipinski definition) is 3. The van der Waals surface area contributed by atoms with Crippen LogP contribution < -0.4 is 0 Å². The second kappa shape index (κ2) is 5.22. The molecule has 0 amide bonds. The molecular formula is C21H32O3. The predicted molar refractivity (Wildman–Crippen MR) is 91.3 cm³/mol. The highest BCUT2D eigenvalue weighted by Crippen LogP contribution is 2.61. The van der Waals surface area contributed by atoms with E-state index in [9.17, 15) is 4.79 Å². The standard InChI is InChI=1S/C21H32O3/c1-4-21(15-6-13-5-14(8-15)9-16(21)7-13)24-20(22)17-10-18-11(2)12(3)19(17)23-18/h11-19H,4-10H2,1-3H3. The minimum absolute atomic E-state index is 0.0122. The van der Waals surface area contributed by atoms with Gasteiger partial charge in [0.25, 0.3) is 0 Å². The predicted octanol–water partition coefficient (Wildman–Crippen LogP) is 4.19. The molecule has 5 atom stereocenters. The van der Waals surface area contributed by atoms with E-state index in [1.807, 2.05) is 0 Å². The molecule has 134 valence electrons. The number of rotatable bonds is 3. The Bertz CT molecular complexity index is 511. The summed E-state index contributed by atoms with van der Waals surface area (Å²) in [7, 11) is 0. The van der Waals surface area contributed by atoms with Crippen molar-refractivity contribution in [1.82, 2.24) is 0 Å². The largest absolute Gasteiger partial charge is 0.458 e. The lowest BCUT2D eigenvalue weighted by Crippen LogP contribution is -2.60. The summed E-state index contributed by atoms with van der Waals surface area (Å²) >= 11 is 0. The van der Waals surface area contributed by atoms with Crippen LogP contribution in [-0.4, -0.2) is 23.8 Å². The van der Waals surface area contributed by atoms with Gasteiger partial charge in [-0.2, -0.15) is 0 Å². The highest BCUT2D eigenvalue weighted by atomic mass is 16.6. The van der Waals surface area contributed by atoms with Crippen LogP contribution in [0, 0.1) is 41.4 Å². The van der Waals surface area contributed by atoms with Gasteiger partial charge in [-0.3, -0.25) is 4.79 Å². The molecule has 5 unspecified atom stereocenters. The summed E-state index contributed by atoms with van der Waals surface area (Å²) in [5, 5.41) is 0. The third-order valence-corrected chi connectivity index (χ3v) is 8.81. The third kappa shape index (κ3) is 1.97. The first-order valence-corrected chi connectivity index (χ1v) is 10.4. The topological polar surface area (TPSA) is 35.5 Å². The van der Waals surface area contributed by atoms with Crippen LogP contribution >= 0.6 is 0 Å². The minimum Gasteiger partial charge on any atom is -0.458 e.